The van der Waals surface area contributed by atoms with Crippen LogP contribution in [0.1, 0.15) is 19.3 Å². The van der Waals surface area contributed by atoms with Gasteiger partial charge >= 0.3 is 5.97 Å². The molecule has 0 heterocycles. The van der Waals surface area contributed by atoms with Crippen LogP contribution in [0.5, 0.6) is 0 Å². The highest BCUT2D eigenvalue weighted by Crippen LogP contribution is 2.24. The second kappa shape index (κ2) is 6.56. The van der Waals surface area contributed by atoms with Gasteiger partial charge in [0.05, 0.1) is 16.2 Å². The summed E-state index contributed by atoms with van der Waals surface area (Å²) in [6.07, 6.45) is 1.21. The van der Waals surface area contributed by atoms with Crippen molar-refractivity contribution in [3.05, 3.63) is 24.3 Å². The van der Waals surface area contributed by atoms with Gasteiger partial charge in [-0.05, 0) is 31.0 Å². The molecule has 8 nitrogen and oxygen atoms in total. The van der Waals surface area contributed by atoms with E-state index in [4.69, 9.17) is 5.11 Å². The first kappa shape index (κ1) is 17.9. The van der Waals surface area contributed by atoms with Gasteiger partial charge in [-0.15, -0.1) is 0 Å². The van der Waals surface area contributed by atoms with Crippen LogP contribution in [0.3, 0.4) is 0 Å². The summed E-state index contributed by atoms with van der Waals surface area (Å²) in [5.41, 5.74) is 0. The van der Waals surface area contributed by atoms with Crippen molar-refractivity contribution >= 4 is 26.0 Å². The van der Waals surface area contributed by atoms with E-state index in [1.165, 1.54) is 25.2 Å². The summed E-state index contributed by atoms with van der Waals surface area (Å²) in [7, 11) is -6.46. The van der Waals surface area contributed by atoms with Gasteiger partial charge in [-0.3, -0.25) is 4.79 Å². The zero-order valence-corrected chi connectivity index (χ0v) is 14.1. The highest BCUT2D eigenvalue weighted by molar-refractivity contribution is 7.90. The summed E-state index contributed by atoms with van der Waals surface area (Å²) in [6.45, 7) is -0.199. The summed E-state index contributed by atoms with van der Waals surface area (Å²) < 4.78 is 52.4. The van der Waals surface area contributed by atoms with Crippen molar-refractivity contribution in [2.45, 2.75) is 35.1 Å². The largest absolute Gasteiger partial charge is 0.481 e. The number of hydrogen-bond acceptors (Lipinski definition) is 5. The van der Waals surface area contributed by atoms with Gasteiger partial charge < -0.3 is 5.11 Å². The van der Waals surface area contributed by atoms with Gasteiger partial charge in [0.1, 0.15) is 0 Å². The maximum absolute atomic E-state index is 12.4. The Morgan fingerprint density at radius 3 is 2.43 bits per heavy atom. The minimum Gasteiger partial charge on any atom is -0.481 e. The predicted molar refractivity (Wildman–Crippen MR) is 81.9 cm³/mol. The van der Waals surface area contributed by atoms with Crippen LogP contribution in [0.2, 0.25) is 0 Å². The Morgan fingerprint density at radius 2 is 1.87 bits per heavy atom. The van der Waals surface area contributed by atoms with E-state index in [1.807, 2.05) is 0 Å². The summed E-state index contributed by atoms with van der Waals surface area (Å²) >= 11 is 0. The normalized spacial score (nSPS) is 15.7. The molecule has 0 atom stereocenters. The maximum Gasteiger partial charge on any atom is 0.304 e. The molecule has 1 aliphatic rings. The molecule has 0 saturated heterocycles. The van der Waals surface area contributed by atoms with Gasteiger partial charge in [-0.25, -0.2) is 25.9 Å². The van der Waals surface area contributed by atoms with Gasteiger partial charge in [0.25, 0.3) is 0 Å². The van der Waals surface area contributed by atoms with E-state index in [9.17, 15) is 21.6 Å². The Kier molecular flexibility index (Phi) is 5.09. The predicted octanol–water partition coefficient (Wildman–Crippen LogP) is 0.223. The number of sulfonamides is 2. The SMILES string of the molecule is CN(CCC(=O)O)S(=O)(=O)c1cccc(S(=O)(=O)NC2CC2)c1. The van der Waals surface area contributed by atoms with Crippen LogP contribution in [0.25, 0.3) is 0 Å². The van der Waals surface area contributed by atoms with Gasteiger partial charge in [0.15, 0.2) is 0 Å². The number of carboxylic acid groups (broad SMARTS) is 1. The van der Waals surface area contributed by atoms with Gasteiger partial charge in [-0.2, -0.15) is 0 Å². The highest BCUT2D eigenvalue weighted by Gasteiger charge is 2.29. The van der Waals surface area contributed by atoms with E-state index in [-0.39, 0.29) is 28.8 Å². The molecule has 10 heteroatoms. The van der Waals surface area contributed by atoms with Crippen LogP contribution < -0.4 is 4.72 Å². The van der Waals surface area contributed by atoms with Crippen LogP contribution in [0.15, 0.2) is 34.1 Å². The first-order valence-corrected chi connectivity index (χ1v) is 9.86. The van der Waals surface area contributed by atoms with Crippen LogP contribution in [0.4, 0.5) is 0 Å². The molecular weight excluding hydrogens is 344 g/mol. The smallest absolute Gasteiger partial charge is 0.304 e. The molecule has 1 aromatic carbocycles. The number of carbonyl (C=O) groups is 1. The van der Waals surface area contributed by atoms with Crippen molar-refractivity contribution in [3.8, 4) is 0 Å². The zero-order chi connectivity index (χ0) is 17.3. The molecule has 1 fully saturated rings. The molecule has 1 saturated carbocycles. The Hall–Kier alpha value is -1.49. The number of aliphatic carboxylic acids is 1. The van der Waals surface area contributed by atoms with Crippen molar-refractivity contribution in [1.82, 2.24) is 9.03 Å². The van der Waals surface area contributed by atoms with E-state index in [0.29, 0.717) is 0 Å². The van der Waals surface area contributed by atoms with Crippen LogP contribution in [-0.2, 0) is 24.8 Å². The van der Waals surface area contributed by atoms with E-state index in [2.05, 4.69) is 4.72 Å². The molecule has 0 aromatic heterocycles. The van der Waals surface area contributed by atoms with Crippen LogP contribution >= 0.6 is 0 Å². The molecule has 1 aromatic rings. The second-order valence-electron chi connectivity index (χ2n) is 5.34. The van der Waals surface area contributed by atoms with Gasteiger partial charge in [-0.1, -0.05) is 6.07 Å². The van der Waals surface area contributed by atoms with E-state index in [1.54, 1.807) is 0 Å². The molecule has 23 heavy (non-hydrogen) atoms. The number of nitrogens with zero attached hydrogens (tertiary/aromatic N) is 1. The number of benzene rings is 1. The van der Waals surface area contributed by atoms with E-state index in [0.717, 1.165) is 23.2 Å². The quantitative estimate of drug-likeness (QED) is 0.682. The molecule has 0 radical (unpaired) electrons. The lowest BCUT2D eigenvalue weighted by Gasteiger charge is -2.16. The molecule has 0 aliphatic heterocycles. The van der Waals surface area contributed by atoms with Crippen molar-refractivity contribution in [2.75, 3.05) is 13.6 Å². The summed E-state index contributed by atoms with van der Waals surface area (Å²) in [5, 5.41) is 8.63. The summed E-state index contributed by atoms with van der Waals surface area (Å²) in [5.74, 6) is -1.11. The lowest BCUT2D eigenvalue weighted by atomic mass is 10.4. The molecule has 0 amide bonds. The number of carboxylic acids is 1. The third-order valence-electron chi connectivity index (χ3n) is 3.36. The lowest BCUT2D eigenvalue weighted by Crippen LogP contribution is -2.30. The van der Waals surface area contributed by atoms with E-state index < -0.39 is 26.0 Å². The molecule has 0 spiro atoms. The lowest BCUT2D eigenvalue weighted by molar-refractivity contribution is -0.137. The molecule has 0 bridgehead atoms. The maximum atomic E-state index is 12.4. The fourth-order valence-corrected chi connectivity index (χ4v) is 4.49. The standard InChI is InChI=1S/C13H18N2O6S2/c1-15(8-7-13(16)17)23(20,21)12-4-2-3-11(9-12)22(18,19)14-10-5-6-10/h2-4,9-10,14H,5-8H2,1H3,(H,16,17). The van der Waals surface area contributed by atoms with Gasteiger partial charge in [0, 0.05) is 19.6 Å². The Morgan fingerprint density at radius 1 is 1.26 bits per heavy atom. The number of nitrogens with one attached hydrogen (secondary N) is 1. The molecule has 1 aliphatic carbocycles. The van der Waals surface area contributed by atoms with Crippen LogP contribution in [0, 0.1) is 0 Å². The zero-order valence-electron chi connectivity index (χ0n) is 12.5. The first-order chi connectivity index (χ1) is 10.6. The Labute approximate surface area is 135 Å². The fraction of sp³-hybridized carbons (Fsp3) is 0.462. The van der Waals surface area contributed by atoms with Gasteiger partial charge in [0.2, 0.25) is 20.0 Å². The van der Waals surface area contributed by atoms with Crippen molar-refractivity contribution < 1.29 is 26.7 Å². The second-order valence-corrected chi connectivity index (χ2v) is 9.10. The Balaban J connectivity index is 2.25. The first-order valence-electron chi connectivity index (χ1n) is 6.93. The third kappa shape index (κ3) is 4.50. The summed E-state index contributed by atoms with van der Waals surface area (Å²) in [6, 6.07) is 4.94. The highest BCUT2D eigenvalue weighted by atomic mass is 32.2. The molecule has 2 rings (SSSR count). The number of hydrogen-bond donors (Lipinski definition) is 2. The monoisotopic (exact) mass is 362 g/mol. The van der Waals surface area contributed by atoms with Crippen LogP contribution in [-0.4, -0.2) is 51.9 Å². The number of rotatable bonds is 8. The molecular formula is C13H18N2O6S2. The molecule has 0 unspecified atom stereocenters. The third-order valence-corrected chi connectivity index (χ3v) is 6.73. The molecule has 2 N–H and O–H groups in total. The topological polar surface area (TPSA) is 121 Å². The minimum atomic E-state index is -3.95. The van der Waals surface area contributed by atoms with E-state index >= 15 is 0 Å². The van der Waals surface area contributed by atoms with Crippen molar-refractivity contribution in [2.24, 2.45) is 0 Å². The minimum absolute atomic E-state index is 0.0847. The fourth-order valence-electron chi connectivity index (χ4n) is 1.84. The average Bonchev–Trinajstić information content (AvgIpc) is 3.28. The van der Waals surface area contributed by atoms with Crippen molar-refractivity contribution in [3.63, 3.8) is 0 Å². The Bertz CT molecular complexity index is 800. The average molecular weight is 362 g/mol. The summed E-state index contributed by atoms with van der Waals surface area (Å²) in [4.78, 5) is 10.2. The van der Waals surface area contributed by atoms with Crippen molar-refractivity contribution in [1.29, 1.82) is 0 Å². The molecule has 128 valence electrons.